The molecule has 30 heavy (non-hydrogen) atoms. The first-order valence-corrected chi connectivity index (χ1v) is 9.94. The Labute approximate surface area is 175 Å². The van der Waals surface area contributed by atoms with Crippen molar-refractivity contribution in [2.75, 3.05) is 0 Å². The van der Waals surface area contributed by atoms with E-state index in [1.54, 1.807) is 36.5 Å². The van der Waals surface area contributed by atoms with E-state index in [4.69, 9.17) is 0 Å². The van der Waals surface area contributed by atoms with Crippen molar-refractivity contribution in [2.45, 2.75) is 6.92 Å². The lowest BCUT2D eigenvalue weighted by Crippen LogP contribution is -2.20. The van der Waals surface area contributed by atoms with Gasteiger partial charge in [-0.05, 0) is 30.5 Å². The lowest BCUT2D eigenvalue weighted by molar-refractivity contribution is -0.384. The van der Waals surface area contributed by atoms with Gasteiger partial charge in [0, 0.05) is 23.1 Å². The highest BCUT2D eigenvalue weighted by atomic mass is 32.1. The van der Waals surface area contributed by atoms with Gasteiger partial charge in [0.2, 0.25) is 0 Å². The van der Waals surface area contributed by atoms with Gasteiger partial charge in [-0.2, -0.15) is 5.10 Å². The average Bonchev–Trinajstić information content (AvgIpc) is 3.31. The standard InChI is InChI=1S/C22H16N4O3S/c1-14(15-6-4-7-16(12-15)26(28)29)24-25-22(27)18-13-20(21-10-5-11-30-21)23-19-9-3-2-8-17(18)19/h2-13H,1H3,(H,25,27). The van der Waals surface area contributed by atoms with Crippen LogP contribution in [0, 0.1) is 10.1 Å². The molecule has 2 heterocycles. The molecule has 0 saturated heterocycles. The Morgan fingerprint density at radius 2 is 1.93 bits per heavy atom. The van der Waals surface area contributed by atoms with Crippen molar-refractivity contribution in [3.05, 3.63) is 93.4 Å². The molecule has 0 radical (unpaired) electrons. The van der Waals surface area contributed by atoms with Gasteiger partial charge < -0.3 is 0 Å². The summed E-state index contributed by atoms with van der Waals surface area (Å²) in [6.45, 7) is 1.68. The molecule has 0 aliphatic rings. The van der Waals surface area contributed by atoms with Crippen LogP contribution in [-0.2, 0) is 0 Å². The van der Waals surface area contributed by atoms with Crippen molar-refractivity contribution in [1.82, 2.24) is 10.4 Å². The van der Waals surface area contributed by atoms with Crippen LogP contribution in [0.5, 0.6) is 0 Å². The number of amides is 1. The van der Waals surface area contributed by atoms with Crippen LogP contribution >= 0.6 is 11.3 Å². The summed E-state index contributed by atoms with van der Waals surface area (Å²) < 4.78 is 0. The van der Waals surface area contributed by atoms with E-state index in [1.807, 2.05) is 41.8 Å². The topological polar surface area (TPSA) is 97.5 Å². The summed E-state index contributed by atoms with van der Waals surface area (Å²) in [6.07, 6.45) is 0. The molecule has 148 valence electrons. The van der Waals surface area contributed by atoms with Crippen LogP contribution in [0.4, 0.5) is 5.69 Å². The predicted molar refractivity (Wildman–Crippen MR) is 118 cm³/mol. The van der Waals surface area contributed by atoms with Crippen LogP contribution in [-0.4, -0.2) is 21.5 Å². The number of pyridine rings is 1. The van der Waals surface area contributed by atoms with E-state index >= 15 is 0 Å². The first-order valence-electron chi connectivity index (χ1n) is 9.06. The number of benzene rings is 2. The number of rotatable bonds is 5. The van der Waals surface area contributed by atoms with E-state index in [1.165, 1.54) is 12.1 Å². The van der Waals surface area contributed by atoms with Gasteiger partial charge in [0.25, 0.3) is 11.6 Å². The average molecular weight is 416 g/mol. The van der Waals surface area contributed by atoms with E-state index in [0.717, 1.165) is 10.3 Å². The van der Waals surface area contributed by atoms with Crippen molar-refractivity contribution < 1.29 is 9.72 Å². The molecule has 0 unspecified atom stereocenters. The molecule has 4 aromatic rings. The van der Waals surface area contributed by atoms with Gasteiger partial charge in [0.15, 0.2) is 0 Å². The molecule has 7 nitrogen and oxygen atoms in total. The normalized spacial score (nSPS) is 11.4. The summed E-state index contributed by atoms with van der Waals surface area (Å²) in [5, 5.41) is 17.8. The molecule has 0 aliphatic carbocycles. The smallest absolute Gasteiger partial charge is 0.267 e. The molecule has 0 saturated carbocycles. The lowest BCUT2D eigenvalue weighted by atomic mass is 10.1. The van der Waals surface area contributed by atoms with Gasteiger partial charge in [-0.25, -0.2) is 10.4 Å². The Hall–Kier alpha value is -3.91. The third-order valence-electron chi connectivity index (χ3n) is 4.53. The number of hydrogen-bond acceptors (Lipinski definition) is 6. The number of thiophene rings is 1. The van der Waals surface area contributed by atoms with E-state index < -0.39 is 4.92 Å². The fraction of sp³-hybridized carbons (Fsp3) is 0.0455. The minimum absolute atomic E-state index is 0.0332. The Morgan fingerprint density at radius 1 is 1.10 bits per heavy atom. The molecular formula is C22H16N4O3S. The second-order valence-electron chi connectivity index (χ2n) is 6.50. The fourth-order valence-electron chi connectivity index (χ4n) is 3.02. The van der Waals surface area contributed by atoms with Crippen LogP contribution in [0.15, 0.2) is 77.2 Å². The van der Waals surface area contributed by atoms with E-state index in [0.29, 0.717) is 28.0 Å². The molecule has 0 aliphatic heterocycles. The number of hydrogen-bond donors (Lipinski definition) is 1. The van der Waals surface area contributed by atoms with Crippen LogP contribution in [0.25, 0.3) is 21.5 Å². The molecule has 1 N–H and O–H groups in total. The van der Waals surface area contributed by atoms with Crippen molar-refractivity contribution in [2.24, 2.45) is 5.10 Å². The lowest BCUT2D eigenvalue weighted by Gasteiger charge is -2.08. The number of carbonyl (C=O) groups excluding carboxylic acids is 1. The van der Waals surface area contributed by atoms with Gasteiger partial charge in [-0.3, -0.25) is 14.9 Å². The Kier molecular flexibility index (Phi) is 5.32. The van der Waals surface area contributed by atoms with Crippen LogP contribution in [0.3, 0.4) is 0 Å². The predicted octanol–water partition coefficient (Wildman–Crippen LogP) is 5.03. The highest BCUT2D eigenvalue weighted by molar-refractivity contribution is 7.13. The summed E-state index contributed by atoms with van der Waals surface area (Å²) in [6, 6.07) is 19.2. The second-order valence-corrected chi connectivity index (χ2v) is 7.44. The third kappa shape index (κ3) is 3.94. The molecule has 8 heteroatoms. The number of nitro groups is 1. The van der Waals surface area contributed by atoms with Crippen molar-refractivity contribution in [3.8, 4) is 10.6 Å². The number of aromatic nitrogens is 1. The monoisotopic (exact) mass is 416 g/mol. The van der Waals surface area contributed by atoms with Crippen molar-refractivity contribution in [1.29, 1.82) is 0 Å². The highest BCUT2D eigenvalue weighted by Gasteiger charge is 2.14. The molecule has 4 rings (SSSR count). The maximum atomic E-state index is 12.9. The molecule has 2 aromatic carbocycles. The summed E-state index contributed by atoms with van der Waals surface area (Å²) in [5.74, 6) is -0.379. The quantitative estimate of drug-likeness (QED) is 0.280. The van der Waals surface area contributed by atoms with E-state index in [2.05, 4.69) is 15.5 Å². The number of non-ortho nitro benzene ring substituents is 1. The Balaban J connectivity index is 1.67. The van der Waals surface area contributed by atoms with Gasteiger partial charge in [-0.15, -0.1) is 11.3 Å². The molecule has 0 bridgehead atoms. The minimum atomic E-state index is -0.468. The zero-order valence-corrected chi connectivity index (χ0v) is 16.7. The summed E-state index contributed by atoms with van der Waals surface area (Å²) in [4.78, 5) is 29.1. The number of para-hydroxylation sites is 1. The van der Waals surface area contributed by atoms with E-state index in [-0.39, 0.29) is 11.6 Å². The largest absolute Gasteiger partial charge is 0.272 e. The Bertz CT molecular complexity index is 1280. The number of fused-ring (bicyclic) bond motifs is 1. The molecular weight excluding hydrogens is 400 g/mol. The maximum Gasteiger partial charge on any atom is 0.272 e. The highest BCUT2D eigenvalue weighted by Crippen LogP contribution is 2.27. The SMILES string of the molecule is CC(=NNC(=O)c1cc(-c2cccs2)nc2ccccc12)c1cccc([N+](=O)[O-])c1. The van der Waals surface area contributed by atoms with Crippen molar-refractivity contribution >= 4 is 39.5 Å². The van der Waals surface area contributed by atoms with Gasteiger partial charge in [-0.1, -0.05) is 36.4 Å². The number of nitrogens with zero attached hydrogens (tertiary/aromatic N) is 3. The van der Waals surface area contributed by atoms with Gasteiger partial charge in [0.05, 0.1) is 32.3 Å². The molecule has 0 spiro atoms. The fourth-order valence-corrected chi connectivity index (χ4v) is 3.70. The van der Waals surface area contributed by atoms with Gasteiger partial charge >= 0.3 is 0 Å². The van der Waals surface area contributed by atoms with Crippen LogP contribution < -0.4 is 5.43 Å². The molecule has 2 aromatic heterocycles. The zero-order valence-electron chi connectivity index (χ0n) is 15.9. The maximum absolute atomic E-state index is 12.9. The molecule has 0 fully saturated rings. The van der Waals surface area contributed by atoms with Gasteiger partial charge in [0.1, 0.15) is 0 Å². The summed E-state index contributed by atoms with van der Waals surface area (Å²) in [5.41, 5.74) is 5.44. The van der Waals surface area contributed by atoms with Crippen LogP contribution in [0.1, 0.15) is 22.8 Å². The number of nitrogens with one attached hydrogen (secondary N) is 1. The summed E-state index contributed by atoms with van der Waals surface area (Å²) >= 11 is 1.55. The number of hydrazone groups is 1. The van der Waals surface area contributed by atoms with E-state index in [9.17, 15) is 14.9 Å². The second kappa shape index (κ2) is 8.22. The molecule has 1 amide bonds. The number of carbonyl (C=O) groups is 1. The van der Waals surface area contributed by atoms with Crippen LogP contribution in [0.2, 0.25) is 0 Å². The minimum Gasteiger partial charge on any atom is -0.267 e. The molecule has 0 atom stereocenters. The number of nitro benzene ring substituents is 1. The van der Waals surface area contributed by atoms with Crippen molar-refractivity contribution in [3.63, 3.8) is 0 Å². The Morgan fingerprint density at radius 3 is 2.70 bits per heavy atom. The first-order chi connectivity index (χ1) is 14.5. The summed E-state index contributed by atoms with van der Waals surface area (Å²) in [7, 11) is 0. The zero-order chi connectivity index (χ0) is 21.1. The third-order valence-corrected chi connectivity index (χ3v) is 5.43. The first kappa shape index (κ1) is 19.4.